The number of anilines is 4. The Morgan fingerprint density at radius 1 is 1.08 bits per heavy atom. The van der Waals surface area contributed by atoms with Gasteiger partial charge in [-0.3, -0.25) is 0 Å². The van der Waals surface area contributed by atoms with Gasteiger partial charge in [0.05, 0.1) is 0 Å². The zero-order valence-electron chi connectivity index (χ0n) is 16.9. The molecular formula is C21H31N5. The molecule has 5 nitrogen and oxygen atoms in total. The van der Waals surface area contributed by atoms with Gasteiger partial charge in [-0.1, -0.05) is 31.5 Å². The Morgan fingerprint density at radius 2 is 1.73 bits per heavy atom. The monoisotopic (exact) mass is 353 g/mol. The van der Waals surface area contributed by atoms with E-state index in [4.69, 9.17) is 9.97 Å². The number of fused-ring (bicyclic) bond motifs is 1. The molecule has 2 N–H and O–H groups in total. The Balaban J connectivity index is 2.05. The number of aromatic nitrogens is 2. The summed E-state index contributed by atoms with van der Waals surface area (Å²) in [6, 6.07) is 4.93. The third-order valence-corrected chi connectivity index (χ3v) is 5.23. The Bertz CT molecular complexity index is 772. The fourth-order valence-corrected chi connectivity index (χ4v) is 4.01. The van der Waals surface area contributed by atoms with Gasteiger partial charge in [-0.05, 0) is 51.7 Å². The molecule has 0 aliphatic carbocycles. The van der Waals surface area contributed by atoms with Crippen LogP contribution in [0.4, 0.5) is 23.0 Å². The van der Waals surface area contributed by atoms with Crippen molar-refractivity contribution in [3.8, 4) is 0 Å². The first kappa shape index (κ1) is 18.5. The molecule has 0 atom stereocenters. The van der Waals surface area contributed by atoms with Crippen LogP contribution in [0.5, 0.6) is 0 Å². The van der Waals surface area contributed by atoms with E-state index < -0.39 is 0 Å². The topological polar surface area (TPSA) is 53.1 Å². The molecule has 140 valence electrons. The molecule has 2 heterocycles. The predicted molar refractivity (Wildman–Crippen MR) is 111 cm³/mol. The SMILES string of the molecule is CCC(CC)N1CCNc2c(Nc3c(C)cc(C)cc3C)nc(C)nc21. The third-order valence-electron chi connectivity index (χ3n) is 5.23. The highest BCUT2D eigenvalue weighted by atomic mass is 15.3. The lowest BCUT2D eigenvalue weighted by molar-refractivity contribution is 0.551. The summed E-state index contributed by atoms with van der Waals surface area (Å²) in [4.78, 5) is 12.0. The molecule has 0 fully saturated rings. The lowest BCUT2D eigenvalue weighted by Gasteiger charge is -2.37. The summed E-state index contributed by atoms with van der Waals surface area (Å²) in [6.45, 7) is 14.8. The van der Waals surface area contributed by atoms with E-state index in [0.29, 0.717) is 6.04 Å². The average molecular weight is 354 g/mol. The molecular weight excluding hydrogens is 322 g/mol. The van der Waals surface area contributed by atoms with Gasteiger partial charge < -0.3 is 15.5 Å². The predicted octanol–water partition coefficient (Wildman–Crippen LogP) is 4.87. The number of rotatable bonds is 5. The highest BCUT2D eigenvalue weighted by Gasteiger charge is 2.27. The largest absolute Gasteiger partial charge is 0.377 e. The first-order valence-electron chi connectivity index (χ1n) is 9.68. The highest BCUT2D eigenvalue weighted by Crippen LogP contribution is 2.37. The molecule has 1 aromatic heterocycles. The Labute approximate surface area is 157 Å². The zero-order chi connectivity index (χ0) is 18.8. The number of benzene rings is 1. The van der Waals surface area contributed by atoms with Crippen LogP contribution in [0, 0.1) is 27.7 Å². The fourth-order valence-electron chi connectivity index (χ4n) is 4.01. The Kier molecular flexibility index (Phi) is 5.35. The molecule has 0 radical (unpaired) electrons. The van der Waals surface area contributed by atoms with Gasteiger partial charge in [-0.2, -0.15) is 0 Å². The fraction of sp³-hybridized carbons (Fsp3) is 0.524. The van der Waals surface area contributed by atoms with Crippen LogP contribution in [-0.2, 0) is 0 Å². The number of nitrogens with one attached hydrogen (secondary N) is 2. The highest BCUT2D eigenvalue weighted by molar-refractivity contribution is 5.83. The summed E-state index contributed by atoms with van der Waals surface area (Å²) in [5.74, 6) is 2.70. The zero-order valence-corrected chi connectivity index (χ0v) is 16.9. The lowest BCUT2D eigenvalue weighted by atomic mass is 10.0. The first-order chi connectivity index (χ1) is 12.4. The van der Waals surface area contributed by atoms with E-state index >= 15 is 0 Å². The van der Waals surface area contributed by atoms with E-state index in [-0.39, 0.29) is 0 Å². The van der Waals surface area contributed by atoms with Crippen molar-refractivity contribution in [3.63, 3.8) is 0 Å². The van der Waals surface area contributed by atoms with Crippen LogP contribution in [0.15, 0.2) is 12.1 Å². The summed E-state index contributed by atoms with van der Waals surface area (Å²) < 4.78 is 0. The molecule has 3 rings (SSSR count). The van der Waals surface area contributed by atoms with Crippen molar-refractivity contribution in [1.29, 1.82) is 0 Å². The van der Waals surface area contributed by atoms with E-state index in [1.54, 1.807) is 0 Å². The van der Waals surface area contributed by atoms with Crippen LogP contribution < -0.4 is 15.5 Å². The maximum Gasteiger partial charge on any atom is 0.159 e. The maximum atomic E-state index is 4.79. The lowest BCUT2D eigenvalue weighted by Crippen LogP contribution is -2.42. The minimum absolute atomic E-state index is 0.515. The van der Waals surface area contributed by atoms with E-state index in [0.717, 1.165) is 54.8 Å². The summed E-state index contributed by atoms with van der Waals surface area (Å²) in [7, 11) is 0. The van der Waals surface area contributed by atoms with Gasteiger partial charge in [0.15, 0.2) is 11.6 Å². The van der Waals surface area contributed by atoms with Crippen LogP contribution >= 0.6 is 0 Å². The molecule has 0 saturated heterocycles. The van der Waals surface area contributed by atoms with E-state index in [9.17, 15) is 0 Å². The van der Waals surface area contributed by atoms with Gasteiger partial charge in [0.2, 0.25) is 0 Å². The quantitative estimate of drug-likeness (QED) is 0.803. The first-order valence-corrected chi connectivity index (χ1v) is 9.68. The van der Waals surface area contributed by atoms with Crippen molar-refractivity contribution >= 4 is 23.0 Å². The smallest absolute Gasteiger partial charge is 0.159 e. The van der Waals surface area contributed by atoms with Crippen LogP contribution in [-0.4, -0.2) is 29.1 Å². The molecule has 0 spiro atoms. The second-order valence-electron chi connectivity index (χ2n) is 7.31. The molecule has 0 bridgehead atoms. The standard InChI is InChI=1S/C21H31N5/c1-7-17(8-2)26-10-9-22-19-20(23-16(6)24-21(19)26)25-18-14(4)11-13(3)12-15(18)5/h11-12,17,22H,7-10H2,1-6H3,(H,23,24,25). The van der Waals surface area contributed by atoms with E-state index in [2.05, 4.69) is 62.3 Å². The molecule has 5 heteroatoms. The minimum Gasteiger partial charge on any atom is -0.377 e. The summed E-state index contributed by atoms with van der Waals surface area (Å²) in [5, 5.41) is 7.12. The molecule has 1 aliphatic rings. The molecule has 26 heavy (non-hydrogen) atoms. The van der Waals surface area contributed by atoms with E-state index in [1.165, 1.54) is 16.7 Å². The number of nitrogens with zero attached hydrogens (tertiary/aromatic N) is 3. The van der Waals surface area contributed by atoms with Crippen LogP contribution in [0.25, 0.3) is 0 Å². The molecule has 0 saturated carbocycles. The summed E-state index contributed by atoms with van der Waals surface area (Å²) in [5.41, 5.74) is 5.91. The second kappa shape index (κ2) is 7.52. The molecule has 2 aromatic rings. The Hall–Kier alpha value is -2.30. The molecule has 0 unspecified atom stereocenters. The van der Waals surface area contributed by atoms with Gasteiger partial charge in [-0.15, -0.1) is 0 Å². The molecule has 1 aliphatic heterocycles. The number of hydrogen-bond acceptors (Lipinski definition) is 5. The minimum atomic E-state index is 0.515. The summed E-state index contributed by atoms with van der Waals surface area (Å²) in [6.07, 6.45) is 2.25. The van der Waals surface area contributed by atoms with Gasteiger partial charge in [0.25, 0.3) is 0 Å². The van der Waals surface area contributed by atoms with Crippen molar-refractivity contribution in [2.75, 3.05) is 28.6 Å². The normalized spacial score (nSPS) is 13.6. The van der Waals surface area contributed by atoms with Crippen molar-refractivity contribution in [3.05, 3.63) is 34.6 Å². The van der Waals surface area contributed by atoms with Gasteiger partial charge in [0, 0.05) is 24.8 Å². The average Bonchev–Trinajstić information content (AvgIpc) is 2.59. The number of hydrogen-bond donors (Lipinski definition) is 2. The van der Waals surface area contributed by atoms with Crippen molar-refractivity contribution in [1.82, 2.24) is 9.97 Å². The van der Waals surface area contributed by atoms with Gasteiger partial charge in [0.1, 0.15) is 11.5 Å². The van der Waals surface area contributed by atoms with Gasteiger partial charge >= 0.3 is 0 Å². The second-order valence-corrected chi connectivity index (χ2v) is 7.31. The maximum absolute atomic E-state index is 4.79. The van der Waals surface area contributed by atoms with Crippen molar-refractivity contribution in [2.24, 2.45) is 0 Å². The van der Waals surface area contributed by atoms with Gasteiger partial charge in [-0.25, -0.2) is 9.97 Å². The number of aryl methyl sites for hydroxylation is 4. The van der Waals surface area contributed by atoms with Crippen LogP contribution in [0.2, 0.25) is 0 Å². The third kappa shape index (κ3) is 3.48. The Morgan fingerprint density at radius 3 is 2.35 bits per heavy atom. The van der Waals surface area contributed by atoms with Crippen LogP contribution in [0.3, 0.4) is 0 Å². The summed E-state index contributed by atoms with van der Waals surface area (Å²) >= 11 is 0. The molecule has 1 aromatic carbocycles. The van der Waals surface area contributed by atoms with Crippen molar-refractivity contribution in [2.45, 2.75) is 60.4 Å². The van der Waals surface area contributed by atoms with Crippen molar-refractivity contribution < 1.29 is 0 Å². The van der Waals surface area contributed by atoms with Crippen LogP contribution in [0.1, 0.15) is 49.2 Å². The van der Waals surface area contributed by atoms with E-state index in [1.807, 2.05) is 6.92 Å². The molecule has 0 amide bonds.